The van der Waals surface area contributed by atoms with Crippen molar-refractivity contribution in [3.05, 3.63) is 0 Å². The molecule has 0 radical (unpaired) electrons. The average Bonchev–Trinajstić information content (AvgIpc) is 2.31. The van der Waals surface area contributed by atoms with E-state index in [1.807, 2.05) is 25.6 Å². The van der Waals surface area contributed by atoms with Crippen LogP contribution in [0.3, 0.4) is 0 Å². The monoisotopic (exact) mass is 291 g/mol. The average molecular weight is 291 g/mol. The lowest BCUT2D eigenvalue weighted by molar-refractivity contribution is -0.144. The highest BCUT2D eigenvalue weighted by Gasteiger charge is 2.32. The zero-order valence-corrected chi connectivity index (χ0v) is 13.5. The molecular weight excluding hydrogens is 262 g/mol. The van der Waals surface area contributed by atoms with Crippen molar-refractivity contribution in [1.29, 1.82) is 0 Å². The van der Waals surface area contributed by atoms with Crippen LogP contribution in [0.2, 0.25) is 0 Å². The Hall–Kier alpha value is -0.260. The van der Waals surface area contributed by atoms with Crippen molar-refractivity contribution in [3.8, 4) is 0 Å². The maximum Gasteiger partial charge on any atom is 0.323 e. The fraction of sp³-hybridized carbons (Fsp3) is 0.929. The van der Waals surface area contributed by atoms with Crippen molar-refractivity contribution < 1.29 is 14.6 Å². The molecule has 0 bridgehead atoms. The number of thioether (sulfide) groups is 1. The van der Waals surface area contributed by atoms with E-state index in [2.05, 4.69) is 5.32 Å². The largest absolute Gasteiger partial charge is 0.480 e. The molecule has 0 aromatic carbocycles. The fourth-order valence-electron chi connectivity index (χ4n) is 1.97. The second-order valence-corrected chi connectivity index (χ2v) is 6.58. The maximum atomic E-state index is 11.3. The molecule has 0 heterocycles. The second kappa shape index (κ2) is 10.5. The molecular formula is C14H29NO3S. The number of carboxylic acid groups (broad SMARTS) is 1. The van der Waals surface area contributed by atoms with Crippen LogP contribution in [-0.2, 0) is 9.53 Å². The van der Waals surface area contributed by atoms with Crippen LogP contribution in [0.5, 0.6) is 0 Å². The topological polar surface area (TPSA) is 58.6 Å². The summed E-state index contributed by atoms with van der Waals surface area (Å²) in [6, 6.07) is 0.185. The summed E-state index contributed by atoms with van der Waals surface area (Å²) in [6.45, 7) is 6.56. The van der Waals surface area contributed by atoms with Crippen LogP contribution in [0.15, 0.2) is 0 Å². The Labute approximate surface area is 121 Å². The van der Waals surface area contributed by atoms with Gasteiger partial charge in [0.25, 0.3) is 0 Å². The molecule has 0 saturated heterocycles. The van der Waals surface area contributed by atoms with Gasteiger partial charge in [-0.15, -0.1) is 0 Å². The Morgan fingerprint density at radius 2 is 1.95 bits per heavy atom. The van der Waals surface area contributed by atoms with Crippen LogP contribution in [0.1, 0.15) is 46.5 Å². The van der Waals surface area contributed by atoms with Gasteiger partial charge in [-0.3, -0.25) is 10.1 Å². The number of carbonyl (C=O) groups is 1. The highest BCUT2D eigenvalue weighted by atomic mass is 32.2. The minimum atomic E-state index is -0.797. The Morgan fingerprint density at radius 1 is 1.32 bits per heavy atom. The van der Waals surface area contributed by atoms with E-state index < -0.39 is 11.5 Å². The number of unbranched alkanes of at least 4 members (excludes halogenated alkanes) is 1. The van der Waals surface area contributed by atoms with Crippen molar-refractivity contribution in [1.82, 2.24) is 5.32 Å². The minimum absolute atomic E-state index is 0.185. The summed E-state index contributed by atoms with van der Waals surface area (Å²) in [6.07, 6.45) is 3.78. The van der Waals surface area contributed by atoms with E-state index in [0.717, 1.165) is 37.4 Å². The zero-order valence-electron chi connectivity index (χ0n) is 12.7. The number of methoxy groups -OCH3 is 1. The molecule has 1 unspecified atom stereocenters. The van der Waals surface area contributed by atoms with Crippen molar-refractivity contribution in [2.45, 2.75) is 58.0 Å². The molecule has 1 atom stereocenters. The van der Waals surface area contributed by atoms with Gasteiger partial charge in [0.2, 0.25) is 0 Å². The molecule has 4 nitrogen and oxygen atoms in total. The highest BCUT2D eigenvalue weighted by Crippen LogP contribution is 2.17. The lowest BCUT2D eigenvalue weighted by atomic mass is 9.94. The molecule has 0 aliphatic rings. The summed E-state index contributed by atoms with van der Waals surface area (Å²) in [5.41, 5.74) is -0.797. The molecule has 0 aliphatic carbocycles. The van der Waals surface area contributed by atoms with Crippen LogP contribution in [0.4, 0.5) is 0 Å². The summed E-state index contributed by atoms with van der Waals surface area (Å²) >= 11 is 1.92. The van der Waals surface area contributed by atoms with Crippen molar-refractivity contribution >= 4 is 17.7 Å². The van der Waals surface area contributed by atoms with Gasteiger partial charge in [0.15, 0.2) is 0 Å². The zero-order chi connectivity index (χ0) is 14.7. The first-order valence-corrected chi connectivity index (χ1v) is 8.15. The van der Waals surface area contributed by atoms with Crippen LogP contribution in [-0.4, -0.2) is 47.9 Å². The van der Waals surface area contributed by atoms with E-state index in [1.165, 1.54) is 0 Å². The van der Waals surface area contributed by atoms with Gasteiger partial charge in [-0.1, -0.05) is 6.42 Å². The fourth-order valence-corrected chi connectivity index (χ4v) is 2.90. The first-order valence-electron chi connectivity index (χ1n) is 7.00. The van der Waals surface area contributed by atoms with E-state index in [1.54, 1.807) is 14.0 Å². The lowest BCUT2D eigenvalue weighted by Gasteiger charge is -2.28. The summed E-state index contributed by atoms with van der Waals surface area (Å²) in [5, 5.41) is 12.5. The quantitative estimate of drug-likeness (QED) is 0.541. The van der Waals surface area contributed by atoms with Gasteiger partial charge >= 0.3 is 5.97 Å². The third-order valence-corrected chi connectivity index (χ3v) is 4.09. The molecule has 5 heteroatoms. The van der Waals surface area contributed by atoms with E-state index in [4.69, 9.17) is 4.74 Å². The molecule has 0 aliphatic heterocycles. The molecule has 114 valence electrons. The summed E-state index contributed by atoms with van der Waals surface area (Å²) in [4.78, 5) is 11.3. The van der Waals surface area contributed by atoms with Gasteiger partial charge in [-0.2, -0.15) is 11.8 Å². The molecule has 0 fully saturated rings. The van der Waals surface area contributed by atoms with E-state index in [9.17, 15) is 9.90 Å². The van der Waals surface area contributed by atoms with E-state index >= 15 is 0 Å². The van der Waals surface area contributed by atoms with Crippen LogP contribution >= 0.6 is 11.8 Å². The number of hydrogen-bond donors (Lipinski definition) is 2. The molecule has 0 spiro atoms. The van der Waals surface area contributed by atoms with E-state index in [0.29, 0.717) is 6.42 Å². The Kier molecular flexibility index (Phi) is 10.4. The smallest absolute Gasteiger partial charge is 0.323 e. The molecule has 0 saturated carbocycles. The predicted octanol–water partition coefficient (Wildman–Crippen LogP) is 2.77. The summed E-state index contributed by atoms with van der Waals surface area (Å²) in [7, 11) is 1.72. The van der Waals surface area contributed by atoms with Crippen molar-refractivity contribution in [3.63, 3.8) is 0 Å². The van der Waals surface area contributed by atoms with Crippen LogP contribution in [0, 0.1) is 0 Å². The number of aliphatic carboxylic acids is 1. The normalized spacial score (nSPS) is 14.6. The maximum absolute atomic E-state index is 11.3. The third kappa shape index (κ3) is 9.30. The summed E-state index contributed by atoms with van der Waals surface area (Å²) in [5.74, 6) is 1.46. The van der Waals surface area contributed by atoms with E-state index in [-0.39, 0.29) is 6.04 Å². The van der Waals surface area contributed by atoms with Gasteiger partial charge in [0.1, 0.15) is 5.54 Å². The summed E-state index contributed by atoms with van der Waals surface area (Å²) < 4.78 is 4.99. The van der Waals surface area contributed by atoms with Crippen LogP contribution < -0.4 is 5.32 Å². The number of nitrogens with one attached hydrogen (secondary N) is 1. The number of ether oxygens (including phenoxy) is 1. The lowest BCUT2D eigenvalue weighted by Crippen LogP contribution is -2.52. The molecule has 0 aromatic rings. The molecule has 0 amide bonds. The van der Waals surface area contributed by atoms with Gasteiger partial charge in [-0.25, -0.2) is 0 Å². The molecule has 0 rings (SSSR count). The predicted molar refractivity (Wildman–Crippen MR) is 82.0 cm³/mol. The Bertz CT molecular complexity index is 249. The second-order valence-electron chi connectivity index (χ2n) is 5.35. The van der Waals surface area contributed by atoms with Crippen LogP contribution in [0.25, 0.3) is 0 Å². The van der Waals surface area contributed by atoms with Gasteiger partial charge in [0.05, 0.1) is 0 Å². The first kappa shape index (κ1) is 18.7. The number of rotatable bonds is 12. The minimum Gasteiger partial charge on any atom is -0.480 e. The Morgan fingerprint density at radius 3 is 2.47 bits per heavy atom. The highest BCUT2D eigenvalue weighted by molar-refractivity contribution is 7.99. The number of carboxylic acids is 1. The molecule has 2 N–H and O–H groups in total. The Balaban J connectivity index is 3.74. The van der Waals surface area contributed by atoms with Crippen molar-refractivity contribution in [2.75, 3.05) is 25.2 Å². The third-order valence-electron chi connectivity index (χ3n) is 2.93. The van der Waals surface area contributed by atoms with Gasteiger partial charge in [-0.05, 0) is 51.5 Å². The molecule has 0 aromatic heterocycles. The first-order chi connectivity index (χ1) is 8.92. The van der Waals surface area contributed by atoms with Gasteiger partial charge < -0.3 is 9.84 Å². The SMILES string of the molecule is COCCCSCCCCC(C)(NC(C)C)C(=O)O. The molecule has 19 heavy (non-hydrogen) atoms. The number of hydrogen-bond acceptors (Lipinski definition) is 4. The van der Waals surface area contributed by atoms with Crippen molar-refractivity contribution in [2.24, 2.45) is 0 Å². The van der Waals surface area contributed by atoms with Gasteiger partial charge in [0, 0.05) is 19.8 Å². The standard InChI is InChI=1S/C14H29NO3S/c1-12(2)15-14(3,13(16)17)8-5-6-10-19-11-7-9-18-4/h12,15H,5-11H2,1-4H3,(H,16,17).